The fourth-order valence-electron chi connectivity index (χ4n) is 1.63. The molecule has 0 unspecified atom stereocenters. The Bertz CT molecular complexity index is 545. The standard InChI is InChI=1S/C11H12N2O3/c1-3-9-12-10(11(15)16-2)8-6-7(14)4-5-13(8)9/h4-6,14H,3H2,1-2H3. The van der Waals surface area contributed by atoms with Crippen molar-refractivity contribution in [3.05, 3.63) is 29.8 Å². The third kappa shape index (κ3) is 1.50. The monoisotopic (exact) mass is 220 g/mol. The lowest BCUT2D eigenvalue weighted by Gasteiger charge is -1.98. The third-order valence-electron chi connectivity index (χ3n) is 2.40. The van der Waals surface area contributed by atoms with Crippen molar-refractivity contribution in [2.24, 2.45) is 0 Å². The predicted molar refractivity (Wildman–Crippen MR) is 57.6 cm³/mol. The molecular weight excluding hydrogens is 208 g/mol. The van der Waals surface area contributed by atoms with E-state index in [1.54, 1.807) is 16.7 Å². The van der Waals surface area contributed by atoms with Gasteiger partial charge in [0, 0.05) is 18.7 Å². The summed E-state index contributed by atoms with van der Waals surface area (Å²) in [4.78, 5) is 15.7. The van der Waals surface area contributed by atoms with Crippen molar-refractivity contribution in [3.8, 4) is 5.75 Å². The Balaban J connectivity index is 2.73. The number of imidazole rings is 1. The smallest absolute Gasteiger partial charge is 0.358 e. The number of esters is 1. The van der Waals surface area contributed by atoms with Crippen LogP contribution < -0.4 is 0 Å². The van der Waals surface area contributed by atoms with Crippen molar-refractivity contribution < 1.29 is 14.6 Å². The van der Waals surface area contributed by atoms with E-state index in [1.165, 1.54) is 13.2 Å². The minimum Gasteiger partial charge on any atom is -0.508 e. The zero-order valence-corrected chi connectivity index (χ0v) is 9.10. The summed E-state index contributed by atoms with van der Waals surface area (Å²) in [5.41, 5.74) is 0.791. The SMILES string of the molecule is CCc1nc(C(=O)OC)c2cc(O)ccn12. The lowest BCUT2D eigenvalue weighted by Crippen LogP contribution is -2.02. The van der Waals surface area contributed by atoms with Gasteiger partial charge in [0.05, 0.1) is 12.6 Å². The molecule has 0 spiro atoms. The van der Waals surface area contributed by atoms with Crippen molar-refractivity contribution in [1.82, 2.24) is 9.38 Å². The minimum atomic E-state index is -0.497. The van der Waals surface area contributed by atoms with Gasteiger partial charge >= 0.3 is 5.97 Å². The van der Waals surface area contributed by atoms with E-state index in [1.807, 2.05) is 6.92 Å². The molecule has 1 N–H and O–H groups in total. The van der Waals surface area contributed by atoms with Crippen LogP contribution in [0.2, 0.25) is 0 Å². The number of rotatable bonds is 2. The van der Waals surface area contributed by atoms with Gasteiger partial charge in [0.25, 0.3) is 0 Å². The van der Waals surface area contributed by atoms with Crippen LogP contribution in [-0.4, -0.2) is 27.6 Å². The van der Waals surface area contributed by atoms with Gasteiger partial charge in [-0.3, -0.25) is 0 Å². The first-order valence-corrected chi connectivity index (χ1v) is 4.95. The molecular formula is C11H12N2O3. The fourth-order valence-corrected chi connectivity index (χ4v) is 1.63. The Morgan fingerprint density at radius 3 is 3.00 bits per heavy atom. The summed E-state index contributed by atoms with van der Waals surface area (Å²) >= 11 is 0. The average Bonchev–Trinajstić information content (AvgIpc) is 2.66. The largest absolute Gasteiger partial charge is 0.508 e. The highest BCUT2D eigenvalue weighted by atomic mass is 16.5. The molecule has 2 aromatic rings. The molecule has 5 heteroatoms. The quantitative estimate of drug-likeness (QED) is 0.777. The molecule has 0 amide bonds. The molecule has 0 saturated carbocycles. The second-order valence-electron chi connectivity index (χ2n) is 3.36. The van der Waals surface area contributed by atoms with E-state index in [-0.39, 0.29) is 11.4 Å². The van der Waals surface area contributed by atoms with Crippen LogP contribution in [0, 0.1) is 0 Å². The van der Waals surface area contributed by atoms with Crippen molar-refractivity contribution in [2.45, 2.75) is 13.3 Å². The van der Waals surface area contributed by atoms with Gasteiger partial charge in [0.15, 0.2) is 5.69 Å². The Morgan fingerprint density at radius 2 is 2.38 bits per heavy atom. The Morgan fingerprint density at radius 1 is 1.62 bits per heavy atom. The summed E-state index contributed by atoms with van der Waals surface area (Å²) in [7, 11) is 1.31. The highest BCUT2D eigenvalue weighted by molar-refractivity contribution is 5.95. The van der Waals surface area contributed by atoms with E-state index in [0.29, 0.717) is 11.9 Å². The van der Waals surface area contributed by atoms with E-state index in [9.17, 15) is 9.90 Å². The fraction of sp³-hybridized carbons (Fsp3) is 0.273. The molecule has 0 saturated heterocycles. The van der Waals surface area contributed by atoms with Crippen LogP contribution in [0.1, 0.15) is 23.2 Å². The normalized spacial score (nSPS) is 10.6. The number of hydrogen-bond donors (Lipinski definition) is 1. The lowest BCUT2D eigenvalue weighted by atomic mass is 10.3. The molecule has 84 valence electrons. The number of nitrogens with zero attached hydrogens (tertiary/aromatic N) is 2. The van der Waals surface area contributed by atoms with Gasteiger partial charge < -0.3 is 14.2 Å². The Kier molecular flexibility index (Phi) is 2.52. The van der Waals surface area contributed by atoms with E-state index in [0.717, 1.165) is 5.82 Å². The van der Waals surface area contributed by atoms with E-state index < -0.39 is 5.97 Å². The second kappa shape index (κ2) is 3.84. The summed E-state index contributed by atoms with van der Waals surface area (Å²) in [6.07, 6.45) is 2.38. The maximum Gasteiger partial charge on any atom is 0.358 e. The Labute approximate surface area is 92.3 Å². The van der Waals surface area contributed by atoms with Crippen LogP contribution in [0.5, 0.6) is 5.75 Å². The van der Waals surface area contributed by atoms with Gasteiger partial charge in [-0.1, -0.05) is 6.92 Å². The molecule has 2 aromatic heterocycles. The number of carbonyl (C=O) groups excluding carboxylic acids is 1. The lowest BCUT2D eigenvalue weighted by molar-refractivity contribution is 0.0597. The third-order valence-corrected chi connectivity index (χ3v) is 2.40. The van der Waals surface area contributed by atoms with Gasteiger partial charge in [0.2, 0.25) is 0 Å². The zero-order chi connectivity index (χ0) is 11.7. The molecule has 0 fully saturated rings. The maximum atomic E-state index is 11.5. The number of ether oxygens (including phenoxy) is 1. The highest BCUT2D eigenvalue weighted by Crippen LogP contribution is 2.19. The zero-order valence-electron chi connectivity index (χ0n) is 9.10. The van der Waals surface area contributed by atoms with Gasteiger partial charge in [-0.15, -0.1) is 0 Å². The van der Waals surface area contributed by atoms with Crippen molar-refractivity contribution in [1.29, 1.82) is 0 Å². The summed E-state index contributed by atoms with van der Waals surface area (Å²) < 4.78 is 6.42. The van der Waals surface area contributed by atoms with E-state index >= 15 is 0 Å². The number of carbonyl (C=O) groups is 1. The second-order valence-corrected chi connectivity index (χ2v) is 3.36. The summed E-state index contributed by atoms with van der Waals surface area (Å²) in [6.45, 7) is 1.95. The van der Waals surface area contributed by atoms with Crippen LogP contribution in [0.15, 0.2) is 18.3 Å². The number of hydrogen-bond acceptors (Lipinski definition) is 4. The van der Waals surface area contributed by atoms with Gasteiger partial charge in [-0.2, -0.15) is 0 Å². The van der Waals surface area contributed by atoms with Crippen LogP contribution in [0.4, 0.5) is 0 Å². The maximum absolute atomic E-state index is 11.5. The van der Waals surface area contributed by atoms with Crippen molar-refractivity contribution in [2.75, 3.05) is 7.11 Å². The average molecular weight is 220 g/mol. The first-order chi connectivity index (χ1) is 7.67. The molecule has 0 aliphatic carbocycles. The van der Waals surface area contributed by atoms with Crippen molar-refractivity contribution in [3.63, 3.8) is 0 Å². The first kappa shape index (κ1) is 10.5. The van der Waals surface area contributed by atoms with Gasteiger partial charge in [-0.25, -0.2) is 9.78 Å². The topological polar surface area (TPSA) is 63.8 Å². The highest BCUT2D eigenvalue weighted by Gasteiger charge is 2.17. The van der Waals surface area contributed by atoms with Crippen LogP contribution in [0.3, 0.4) is 0 Å². The number of fused-ring (bicyclic) bond motifs is 1. The van der Waals surface area contributed by atoms with Crippen molar-refractivity contribution >= 4 is 11.5 Å². The predicted octanol–water partition coefficient (Wildman–Crippen LogP) is 1.39. The summed E-state index contributed by atoms with van der Waals surface area (Å²) in [5.74, 6) is 0.360. The van der Waals surface area contributed by atoms with E-state index in [4.69, 9.17) is 0 Å². The molecule has 0 radical (unpaired) electrons. The van der Waals surface area contributed by atoms with Crippen LogP contribution in [0.25, 0.3) is 5.52 Å². The molecule has 0 aromatic carbocycles. The number of aromatic nitrogens is 2. The molecule has 0 atom stereocenters. The number of pyridine rings is 1. The van der Waals surface area contributed by atoms with Crippen LogP contribution >= 0.6 is 0 Å². The summed E-state index contributed by atoms with van der Waals surface area (Å²) in [6, 6.07) is 3.05. The van der Waals surface area contributed by atoms with Crippen LogP contribution in [-0.2, 0) is 11.2 Å². The molecule has 16 heavy (non-hydrogen) atoms. The number of aryl methyl sites for hydroxylation is 1. The molecule has 2 heterocycles. The Hall–Kier alpha value is -2.04. The molecule has 0 bridgehead atoms. The van der Waals surface area contributed by atoms with Gasteiger partial charge in [0.1, 0.15) is 11.6 Å². The first-order valence-electron chi connectivity index (χ1n) is 4.95. The van der Waals surface area contributed by atoms with E-state index in [2.05, 4.69) is 9.72 Å². The summed E-state index contributed by atoms with van der Waals surface area (Å²) in [5, 5.41) is 9.40. The number of aromatic hydroxyl groups is 1. The molecule has 0 aliphatic heterocycles. The van der Waals surface area contributed by atoms with Gasteiger partial charge in [-0.05, 0) is 6.07 Å². The number of methoxy groups -OCH3 is 1. The molecule has 2 rings (SSSR count). The molecule has 5 nitrogen and oxygen atoms in total. The molecule has 0 aliphatic rings. The minimum absolute atomic E-state index is 0.0974.